The van der Waals surface area contributed by atoms with Gasteiger partial charge in [0.2, 0.25) is 0 Å². The summed E-state index contributed by atoms with van der Waals surface area (Å²) in [5, 5.41) is 14.0. The molecule has 30 heavy (non-hydrogen) atoms. The van der Waals surface area contributed by atoms with Crippen molar-refractivity contribution in [2.75, 3.05) is 5.32 Å². The number of para-hydroxylation sites is 1. The zero-order valence-corrected chi connectivity index (χ0v) is 15.7. The third-order valence-corrected chi connectivity index (χ3v) is 4.62. The molecule has 0 unspecified atom stereocenters. The highest BCUT2D eigenvalue weighted by molar-refractivity contribution is 6.04. The van der Waals surface area contributed by atoms with Crippen molar-refractivity contribution in [2.24, 2.45) is 0 Å². The molecule has 0 aliphatic rings. The minimum atomic E-state index is -0.546. The lowest BCUT2D eigenvalue weighted by Crippen LogP contribution is -2.21. The Morgan fingerprint density at radius 3 is 2.47 bits per heavy atom. The monoisotopic (exact) mass is 400 g/mol. The normalized spacial score (nSPS) is 10.7. The summed E-state index contributed by atoms with van der Waals surface area (Å²) in [4.78, 5) is 39.7. The number of non-ortho nitro benzene ring substituents is 1. The predicted molar refractivity (Wildman–Crippen MR) is 113 cm³/mol. The first-order valence-corrected chi connectivity index (χ1v) is 9.10. The summed E-state index contributed by atoms with van der Waals surface area (Å²) >= 11 is 0. The molecule has 4 aromatic rings. The van der Waals surface area contributed by atoms with E-state index in [9.17, 15) is 19.7 Å². The van der Waals surface area contributed by atoms with Crippen molar-refractivity contribution in [1.29, 1.82) is 0 Å². The maximum Gasteiger partial charge on any atom is 0.270 e. The molecule has 8 heteroatoms. The standard InChI is InChI=1S/C22H16N4O4/c27-21(24-17-4-2-1-3-5-17)16-8-6-15(7-9-16)13-25-14-23-20-11-10-18(26(29)30)12-19(20)22(25)28/h1-12,14H,13H2,(H,24,27). The van der Waals surface area contributed by atoms with E-state index < -0.39 is 4.92 Å². The second-order valence-corrected chi connectivity index (χ2v) is 6.65. The van der Waals surface area contributed by atoms with Crippen LogP contribution in [0.2, 0.25) is 0 Å². The van der Waals surface area contributed by atoms with Gasteiger partial charge in [-0.1, -0.05) is 30.3 Å². The molecular weight excluding hydrogens is 384 g/mol. The van der Waals surface area contributed by atoms with Gasteiger partial charge in [-0.25, -0.2) is 4.98 Å². The first kappa shape index (κ1) is 19.0. The minimum Gasteiger partial charge on any atom is -0.322 e. The van der Waals surface area contributed by atoms with E-state index >= 15 is 0 Å². The van der Waals surface area contributed by atoms with Crippen LogP contribution in [0, 0.1) is 10.1 Å². The Morgan fingerprint density at radius 1 is 1.03 bits per heavy atom. The number of fused-ring (bicyclic) bond motifs is 1. The molecule has 148 valence electrons. The van der Waals surface area contributed by atoms with Gasteiger partial charge in [-0.3, -0.25) is 24.3 Å². The molecule has 0 saturated carbocycles. The molecule has 0 aliphatic heterocycles. The van der Waals surface area contributed by atoms with Crippen molar-refractivity contribution in [3.63, 3.8) is 0 Å². The number of nitrogens with one attached hydrogen (secondary N) is 1. The second-order valence-electron chi connectivity index (χ2n) is 6.65. The number of hydrogen-bond acceptors (Lipinski definition) is 5. The van der Waals surface area contributed by atoms with Crippen molar-refractivity contribution in [3.8, 4) is 0 Å². The molecule has 1 aromatic heterocycles. The first-order chi connectivity index (χ1) is 14.5. The van der Waals surface area contributed by atoms with Crippen molar-refractivity contribution < 1.29 is 9.72 Å². The van der Waals surface area contributed by atoms with Crippen LogP contribution in [0.25, 0.3) is 10.9 Å². The van der Waals surface area contributed by atoms with Gasteiger partial charge in [0.1, 0.15) is 0 Å². The fourth-order valence-corrected chi connectivity index (χ4v) is 3.06. The van der Waals surface area contributed by atoms with E-state index in [1.165, 1.54) is 29.1 Å². The van der Waals surface area contributed by atoms with E-state index in [2.05, 4.69) is 10.3 Å². The van der Waals surface area contributed by atoms with Crippen LogP contribution in [0.1, 0.15) is 15.9 Å². The van der Waals surface area contributed by atoms with Gasteiger partial charge in [0.05, 0.1) is 28.7 Å². The van der Waals surface area contributed by atoms with Gasteiger partial charge >= 0.3 is 0 Å². The molecule has 0 atom stereocenters. The van der Waals surface area contributed by atoms with Crippen LogP contribution in [-0.4, -0.2) is 20.4 Å². The topological polar surface area (TPSA) is 107 Å². The SMILES string of the molecule is O=C(Nc1ccccc1)c1ccc(Cn2cnc3ccc([N+](=O)[O-])cc3c2=O)cc1. The van der Waals surface area contributed by atoms with Gasteiger partial charge in [0.15, 0.2) is 0 Å². The fraction of sp³-hybridized carbons (Fsp3) is 0.0455. The van der Waals surface area contributed by atoms with Gasteiger partial charge < -0.3 is 5.32 Å². The fourth-order valence-electron chi connectivity index (χ4n) is 3.06. The summed E-state index contributed by atoms with van der Waals surface area (Å²) in [7, 11) is 0. The molecule has 0 aliphatic carbocycles. The maximum atomic E-state index is 12.7. The summed E-state index contributed by atoms with van der Waals surface area (Å²) in [6.45, 7) is 0.227. The Balaban J connectivity index is 1.55. The van der Waals surface area contributed by atoms with E-state index in [1.807, 2.05) is 18.2 Å². The molecule has 0 spiro atoms. The summed E-state index contributed by atoms with van der Waals surface area (Å²) in [6, 6.07) is 20.0. The summed E-state index contributed by atoms with van der Waals surface area (Å²) in [5.74, 6) is -0.232. The van der Waals surface area contributed by atoms with Crippen LogP contribution < -0.4 is 10.9 Å². The van der Waals surface area contributed by atoms with Crippen LogP contribution in [-0.2, 0) is 6.54 Å². The molecule has 0 bridgehead atoms. The number of hydrogen-bond donors (Lipinski definition) is 1. The quantitative estimate of drug-likeness (QED) is 0.407. The Labute approximate surface area is 170 Å². The Kier molecular flexibility index (Phi) is 5.04. The zero-order valence-electron chi connectivity index (χ0n) is 15.7. The van der Waals surface area contributed by atoms with Gasteiger partial charge in [0, 0.05) is 23.4 Å². The Morgan fingerprint density at radius 2 is 1.77 bits per heavy atom. The highest BCUT2D eigenvalue weighted by Gasteiger charge is 2.11. The molecule has 4 rings (SSSR count). The van der Waals surface area contributed by atoms with Gasteiger partial charge in [-0.15, -0.1) is 0 Å². The van der Waals surface area contributed by atoms with E-state index in [-0.39, 0.29) is 29.1 Å². The zero-order chi connectivity index (χ0) is 21.1. The number of carbonyl (C=O) groups is 1. The predicted octanol–water partition coefficient (Wildman–Crippen LogP) is 3.61. The lowest BCUT2D eigenvalue weighted by atomic mass is 10.1. The molecule has 0 radical (unpaired) electrons. The van der Waals surface area contributed by atoms with Crippen LogP contribution in [0.3, 0.4) is 0 Å². The first-order valence-electron chi connectivity index (χ1n) is 9.10. The van der Waals surface area contributed by atoms with Crippen LogP contribution in [0.15, 0.2) is 83.9 Å². The number of carbonyl (C=O) groups excluding carboxylic acids is 1. The maximum absolute atomic E-state index is 12.7. The number of nitro benzene ring substituents is 1. The lowest BCUT2D eigenvalue weighted by molar-refractivity contribution is -0.384. The minimum absolute atomic E-state index is 0.159. The van der Waals surface area contributed by atoms with Crippen LogP contribution in [0.5, 0.6) is 0 Å². The van der Waals surface area contributed by atoms with Crippen molar-refractivity contribution in [3.05, 3.63) is 111 Å². The number of anilines is 1. The van der Waals surface area contributed by atoms with Crippen LogP contribution in [0.4, 0.5) is 11.4 Å². The average Bonchev–Trinajstić information content (AvgIpc) is 2.76. The highest BCUT2D eigenvalue weighted by atomic mass is 16.6. The number of rotatable bonds is 5. The molecule has 0 fully saturated rings. The number of aromatic nitrogens is 2. The van der Waals surface area contributed by atoms with Crippen LogP contribution >= 0.6 is 0 Å². The smallest absolute Gasteiger partial charge is 0.270 e. The summed E-state index contributed by atoms with van der Waals surface area (Å²) in [5.41, 5.74) is 1.86. The van der Waals surface area contributed by atoms with Crippen molar-refractivity contribution in [1.82, 2.24) is 9.55 Å². The lowest BCUT2D eigenvalue weighted by Gasteiger charge is -2.08. The van der Waals surface area contributed by atoms with E-state index in [1.54, 1.807) is 36.4 Å². The molecule has 3 aromatic carbocycles. The van der Waals surface area contributed by atoms with E-state index in [0.29, 0.717) is 16.8 Å². The van der Waals surface area contributed by atoms with Crippen molar-refractivity contribution >= 4 is 28.2 Å². The molecule has 1 N–H and O–H groups in total. The molecular formula is C22H16N4O4. The second kappa shape index (κ2) is 7.96. The van der Waals surface area contributed by atoms with E-state index in [0.717, 1.165) is 5.56 Å². The number of amides is 1. The van der Waals surface area contributed by atoms with Gasteiger partial charge in [0.25, 0.3) is 17.2 Å². The summed E-state index contributed by atoms with van der Waals surface area (Å²) < 4.78 is 1.38. The Bertz CT molecular complexity index is 1300. The van der Waals surface area contributed by atoms with Gasteiger partial charge in [-0.2, -0.15) is 0 Å². The molecule has 1 amide bonds. The average molecular weight is 400 g/mol. The number of benzene rings is 3. The summed E-state index contributed by atoms with van der Waals surface area (Å²) in [6.07, 6.45) is 1.41. The van der Waals surface area contributed by atoms with Crippen molar-refractivity contribution in [2.45, 2.75) is 6.54 Å². The van der Waals surface area contributed by atoms with E-state index in [4.69, 9.17) is 0 Å². The molecule has 8 nitrogen and oxygen atoms in total. The Hall–Kier alpha value is -4.33. The molecule has 1 heterocycles. The third kappa shape index (κ3) is 3.93. The highest BCUT2D eigenvalue weighted by Crippen LogP contribution is 2.16. The van der Waals surface area contributed by atoms with Gasteiger partial charge in [-0.05, 0) is 35.9 Å². The number of nitrogens with zero attached hydrogens (tertiary/aromatic N) is 3. The largest absolute Gasteiger partial charge is 0.322 e. The number of nitro groups is 1. The molecule has 0 saturated heterocycles. The third-order valence-electron chi connectivity index (χ3n) is 4.62.